The highest BCUT2D eigenvalue weighted by atomic mass is 32.2. The van der Waals surface area contributed by atoms with Gasteiger partial charge in [-0.25, -0.2) is 0 Å². The van der Waals surface area contributed by atoms with Crippen molar-refractivity contribution < 1.29 is 0 Å². The third-order valence-corrected chi connectivity index (χ3v) is 9.17. The zero-order valence-corrected chi connectivity index (χ0v) is 22.6. The summed E-state index contributed by atoms with van der Waals surface area (Å²) in [6.45, 7) is 4.60. The third-order valence-electron chi connectivity index (χ3n) is 5.53. The Balaban J connectivity index is 2.97. The molecular formula is C26H54S3. The highest BCUT2D eigenvalue weighted by Gasteiger charge is 1.96. The second kappa shape index (κ2) is 29.1. The molecule has 0 spiro atoms. The normalized spacial score (nSPS) is 11.4. The van der Waals surface area contributed by atoms with Crippen molar-refractivity contribution in [1.82, 2.24) is 0 Å². The van der Waals surface area contributed by atoms with E-state index in [0.29, 0.717) is 0 Å². The first-order valence-electron chi connectivity index (χ1n) is 13.1. The fraction of sp³-hybridized carbons (Fsp3) is 1.00. The molecule has 0 amide bonds. The molecule has 0 bridgehead atoms. The lowest BCUT2D eigenvalue weighted by molar-refractivity contribution is 0.573. The van der Waals surface area contributed by atoms with E-state index in [1.807, 2.05) is 0 Å². The van der Waals surface area contributed by atoms with E-state index in [0.717, 1.165) is 0 Å². The molecule has 0 nitrogen and oxygen atoms in total. The van der Waals surface area contributed by atoms with Gasteiger partial charge in [-0.15, -0.1) is 0 Å². The Kier molecular flexibility index (Phi) is 30.1. The van der Waals surface area contributed by atoms with Gasteiger partial charge < -0.3 is 0 Å². The molecule has 29 heavy (non-hydrogen) atoms. The van der Waals surface area contributed by atoms with Gasteiger partial charge in [0.1, 0.15) is 0 Å². The maximum absolute atomic E-state index is 2.30. The zero-order chi connectivity index (χ0) is 21.1. The van der Waals surface area contributed by atoms with Crippen molar-refractivity contribution >= 4 is 35.3 Å². The van der Waals surface area contributed by atoms with Gasteiger partial charge in [-0.05, 0) is 24.3 Å². The Labute approximate surface area is 198 Å². The van der Waals surface area contributed by atoms with E-state index in [9.17, 15) is 0 Å². The van der Waals surface area contributed by atoms with Crippen LogP contribution in [0.25, 0.3) is 0 Å². The highest BCUT2D eigenvalue weighted by molar-refractivity contribution is 8.04. The lowest BCUT2D eigenvalue weighted by Gasteiger charge is -2.04. The predicted molar refractivity (Wildman–Crippen MR) is 146 cm³/mol. The van der Waals surface area contributed by atoms with Gasteiger partial charge in [-0.2, -0.15) is 35.3 Å². The van der Waals surface area contributed by atoms with E-state index in [1.165, 1.54) is 150 Å². The second-order valence-electron chi connectivity index (χ2n) is 8.49. The van der Waals surface area contributed by atoms with Crippen molar-refractivity contribution in [1.29, 1.82) is 0 Å². The van der Waals surface area contributed by atoms with Crippen LogP contribution in [0.2, 0.25) is 0 Å². The summed E-state index contributed by atoms with van der Waals surface area (Å²) in [5.74, 6) is 8.24. The Morgan fingerprint density at radius 1 is 0.276 bits per heavy atom. The SMILES string of the molecule is CCCCCCCCCCCSCCSCCSCCCCCCCCCCC. The van der Waals surface area contributed by atoms with E-state index in [4.69, 9.17) is 0 Å². The molecule has 0 heterocycles. The predicted octanol–water partition coefficient (Wildman–Crippen LogP) is 10.2. The molecule has 0 aliphatic rings. The Morgan fingerprint density at radius 3 is 0.828 bits per heavy atom. The van der Waals surface area contributed by atoms with Crippen LogP contribution in [-0.2, 0) is 0 Å². The maximum atomic E-state index is 2.30. The van der Waals surface area contributed by atoms with Crippen LogP contribution < -0.4 is 0 Å². The standard InChI is InChI=1S/C26H54S3/c1-3-5-7-9-11-13-15-17-19-21-27-23-25-29-26-24-28-22-20-18-16-14-12-10-8-6-4-2/h3-26H2,1-2H3. The van der Waals surface area contributed by atoms with Crippen molar-refractivity contribution in [3.8, 4) is 0 Å². The van der Waals surface area contributed by atoms with Gasteiger partial charge in [0.05, 0.1) is 0 Å². The molecule has 0 rings (SSSR count). The first-order chi connectivity index (χ1) is 14.4. The molecule has 0 radical (unpaired) electrons. The summed E-state index contributed by atoms with van der Waals surface area (Å²) < 4.78 is 0. The molecule has 0 unspecified atom stereocenters. The van der Waals surface area contributed by atoms with Crippen LogP contribution in [-0.4, -0.2) is 34.5 Å². The van der Waals surface area contributed by atoms with Gasteiger partial charge in [0.2, 0.25) is 0 Å². The van der Waals surface area contributed by atoms with Gasteiger partial charge in [0.25, 0.3) is 0 Å². The van der Waals surface area contributed by atoms with E-state index in [2.05, 4.69) is 49.1 Å². The first-order valence-corrected chi connectivity index (χ1v) is 16.6. The molecule has 0 aromatic rings. The number of hydrogen-bond acceptors (Lipinski definition) is 3. The van der Waals surface area contributed by atoms with Crippen LogP contribution in [0.3, 0.4) is 0 Å². The van der Waals surface area contributed by atoms with Gasteiger partial charge in [0, 0.05) is 23.0 Å². The molecular weight excluding hydrogens is 408 g/mol. The summed E-state index contributed by atoms with van der Waals surface area (Å²) in [7, 11) is 0. The van der Waals surface area contributed by atoms with Crippen LogP contribution in [0.4, 0.5) is 0 Å². The van der Waals surface area contributed by atoms with E-state index in [-0.39, 0.29) is 0 Å². The molecule has 0 atom stereocenters. The van der Waals surface area contributed by atoms with Crippen molar-refractivity contribution in [3.63, 3.8) is 0 Å². The van der Waals surface area contributed by atoms with Crippen molar-refractivity contribution in [2.24, 2.45) is 0 Å². The number of rotatable bonds is 26. The summed E-state index contributed by atoms with van der Waals surface area (Å²) >= 11 is 6.55. The molecule has 0 N–H and O–H groups in total. The van der Waals surface area contributed by atoms with E-state index >= 15 is 0 Å². The Morgan fingerprint density at radius 2 is 0.517 bits per heavy atom. The molecule has 176 valence electrons. The molecule has 0 saturated carbocycles. The van der Waals surface area contributed by atoms with Crippen LogP contribution in [0.1, 0.15) is 129 Å². The van der Waals surface area contributed by atoms with Crippen LogP contribution in [0, 0.1) is 0 Å². The summed E-state index contributed by atoms with van der Waals surface area (Å²) in [4.78, 5) is 0. The number of hydrogen-bond donors (Lipinski definition) is 0. The maximum Gasteiger partial charge on any atom is 0.00238 e. The molecule has 0 aliphatic carbocycles. The summed E-state index contributed by atoms with van der Waals surface area (Å²) in [6.07, 6.45) is 26.1. The largest absolute Gasteiger partial charge is 0.161 e. The van der Waals surface area contributed by atoms with E-state index in [1.54, 1.807) is 0 Å². The Bertz CT molecular complexity index is 245. The van der Waals surface area contributed by atoms with Crippen LogP contribution in [0.15, 0.2) is 0 Å². The summed E-state index contributed by atoms with van der Waals surface area (Å²) in [6, 6.07) is 0. The molecule has 0 saturated heterocycles. The molecule has 0 fully saturated rings. The quantitative estimate of drug-likeness (QED) is 0.117. The van der Waals surface area contributed by atoms with Gasteiger partial charge in [-0.1, -0.05) is 117 Å². The molecule has 3 heteroatoms. The fourth-order valence-electron chi connectivity index (χ4n) is 3.57. The van der Waals surface area contributed by atoms with Crippen LogP contribution in [0.5, 0.6) is 0 Å². The minimum absolute atomic E-state index is 1.36. The molecule has 0 aromatic carbocycles. The molecule has 0 aliphatic heterocycles. The summed E-state index contributed by atoms with van der Waals surface area (Å²) in [5, 5.41) is 0. The average molecular weight is 463 g/mol. The van der Waals surface area contributed by atoms with E-state index < -0.39 is 0 Å². The van der Waals surface area contributed by atoms with Crippen molar-refractivity contribution in [3.05, 3.63) is 0 Å². The first kappa shape index (κ1) is 30.0. The number of thioether (sulfide) groups is 3. The lowest BCUT2D eigenvalue weighted by Crippen LogP contribution is -1.92. The monoisotopic (exact) mass is 462 g/mol. The van der Waals surface area contributed by atoms with Gasteiger partial charge in [-0.3, -0.25) is 0 Å². The topological polar surface area (TPSA) is 0 Å². The minimum Gasteiger partial charge on any atom is -0.161 e. The lowest BCUT2D eigenvalue weighted by atomic mass is 10.1. The highest BCUT2D eigenvalue weighted by Crippen LogP contribution is 2.15. The smallest absolute Gasteiger partial charge is 0.00238 e. The van der Waals surface area contributed by atoms with Crippen LogP contribution >= 0.6 is 35.3 Å². The minimum atomic E-state index is 1.36. The third kappa shape index (κ3) is 29.1. The Hall–Kier alpha value is 1.05. The van der Waals surface area contributed by atoms with Gasteiger partial charge in [0.15, 0.2) is 0 Å². The van der Waals surface area contributed by atoms with Gasteiger partial charge >= 0.3 is 0 Å². The summed E-state index contributed by atoms with van der Waals surface area (Å²) in [5.41, 5.74) is 0. The fourth-order valence-corrected chi connectivity index (χ4v) is 6.89. The van der Waals surface area contributed by atoms with Crippen molar-refractivity contribution in [2.75, 3.05) is 34.5 Å². The zero-order valence-electron chi connectivity index (χ0n) is 20.2. The number of unbranched alkanes of at least 4 members (excludes halogenated alkanes) is 16. The van der Waals surface area contributed by atoms with Crippen molar-refractivity contribution in [2.45, 2.75) is 129 Å². The molecule has 0 aromatic heterocycles. The average Bonchev–Trinajstić information content (AvgIpc) is 2.74. The second-order valence-corrected chi connectivity index (χ2v) is 12.2.